The summed E-state index contributed by atoms with van der Waals surface area (Å²) in [5, 5.41) is 0. The molecule has 0 N–H and O–H groups in total. The van der Waals surface area contributed by atoms with Crippen molar-refractivity contribution >= 4 is 15.7 Å². The lowest BCUT2D eigenvalue weighted by molar-refractivity contribution is 0.383. The number of hydrogen-bond donors (Lipinski definition) is 0. The lowest BCUT2D eigenvalue weighted by Gasteiger charge is -2.35. The van der Waals surface area contributed by atoms with Crippen LogP contribution in [0, 0.1) is 0 Å². The van der Waals surface area contributed by atoms with Crippen molar-refractivity contribution in [3.8, 4) is 5.75 Å². The van der Waals surface area contributed by atoms with E-state index < -0.39 is 10.0 Å². The third kappa shape index (κ3) is 4.77. The van der Waals surface area contributed by atoms with Crippen molar-refractivity contribution < 1.29 is 13.2 Å². The Bertz CT molecular complexity index is 801. The molecule has 0 aromatic heterocycles. The first kappa shape index (κ1) is 18.7. The van der Waals surface area contributed by atoms with Crippen LogP contribution in [0.25, 0.3) is 0 Å². The first-order chi connectivity index (χ1) is 12.6. The average Bonchev–Trinajstić information content (AvgIpc) is 2.69. The summed E-state index contributed by atoms with van der Waals surface area (Å²) in [6.07, 6.45) is 1.45. The molecule has 0 amide bonds. The van der Waals surface area contributed by atoms with Crippen molar-refractivity contribution in [1.29, 1.82) is 0 Å². The molecule has 2 aromatic carbocycles. The van der Waals surface area contributed by atoms with E-state index in [2.05, 4.69) is 4.90 Å². The molecule has 2 aromatic rings. The Morgan fingerprint density at radius 3 is 2.38 bits per heavy atom. The lowest BCUT2D eigenvalue weighted by Crippen LogP contribution is -2.49. The third-order valence-corrected chi connectivity index (χ3v) is 6.72. The van der Waals surface area contributed by atoms with Crippen molar-refractivity contribution in [2.75, 3.05) is 43.9 Å². The predicted molar refractivity (Wildman–Crippen MR) is 105 cm³/mol. The van der Waals surface area contributed by atoms with E-state index in [1.807, 2.05) is 54.6 Å². The number of ether oxygens (including phenoxy) is 1. The molecule has 0 spiro atoms. The number of nitrogens with zero attached hydrogens (tertiary/aromatic N) is 2. The van der Waals surface area contributed by atoms with Gasteiger partial charge in [0, 0.05) is 37.9 Å². The molecule has 0 aliphatic carbocycles. The minimum absolute atomic E-state index is 0.209. The maximum Gasteiger partial charge on any atom is 0.214 e. The SMILES string of the molecule is COc1cccc(N2CCN(S(=O)(=O)CCCc3ccccc3)CC2)c1. The second-order valence-corrected chi connectivity index (χ2v) is 8.58. The normalized spacial score (nSPS) is 15.8. The molecule has 0 unspecified atom stereocenters. The van der Waals surface area contributed by atoms with E-state index in [4.69, 9.17) is 4.74 Å². The monoisotopic (exact) mass is 374 g/mol. The molecule has 0 saturated carbocycles. The summed E-state index contributed by atoms with van der Waals surface area (Å²) in [5.41, 5.74) is 2.26. The van der Waals surface area contributed by atoms with Gasteiger partial charge in [-0.25, -0.2) is 8.42 Å². The summed E-state index contributed by atoms with van der Waals surface area (Å²) in [6, 6.07) is 17.9. The van der Waals surface area contributed by atoms with Gasteiger partial charge in [0.2, 0.25) is 10.0 Å². The van der Waals surface area contributed by atoms with Crippen LogP contribution in [0.15, 0.2) is 54.6 Å². The molecule has 26 heavy (non-hydrogen) atoms. The molecular formula is C20H26N2O3S. The Morgan fingerprint density at radius 2 is 1.69 bits per heavy atom. The highest BCUT2D eigenvalue weighted by Gasteiger charge is 2.26. The highest BCUT2D eigenvalue weighted by atomic mass is 32.2. The van der Waals surface area contributed by atoms with Gasteiger partial charge in [0.05, 0.1) is 12.9 Å². The standard InChI is InChI=1S/C20H26N2O3S/c1-25-20-11-5-10-19(17-20)21-12-14-22(15-13-21)26(23,24)16-6-9-18-7-3-2-4-8-18/h2-5,7-8,10-11,17H,6,9,12-16H2,1H3. The fourth-order valence-electron chi connectivity index (χ4n) is 3.26. The zero-order valence-corrected chi connectivity index (χ0v) is 16.0. The van der Waals surface area contributed by atoms with E-state index in [9.17, 15) is 8.42 Å². The molecule has 5 nitrogen and oxygen atoms in total. The Labute approximate surface area is 156 Å². The van der Waals surface area contributed by atoms with Crippen LogP contribution in [-0.2, 0) is 16.4 Å². The van der Waals surface area contributed by atoms with Gasteiger partial charge in [-0.1, -0.05) is 36.4 Å². The van der Waals surface area contributed by atoms with E-state index in [1.165, 1.54) is 5.56 Å². The Kier molecular flexibility index (Phi) is 6.16. The van der Waals surface area contributed by atoms with Gasteiger partial charge < -0.3 is 9.64 Å². The lowest BCUT2D eigenvalue weighted by atomic mass is 10.1. The quantitative estimate of drug-likeness (QED) is 0.748. The first-order valence-corrected chi connectivity index (χ1v) is 10.6. The van der Waals surface area contributed by atoms with E-state index in [-0.39, 0.29) is 5.75 Å². The minimum atomic E-state index is -3.19. The van der Waals surface area contributed by atoms with E-state index in [0.717, 1.165) is 17.9 Å². The van der Waals surface area contributed by atoms with E-state index in [1.54, 1.807) is 11.4 Å². The number of sulfonamides is 1. The van der Waals surface area contributed by atoms with Crippen molar-refractivity contribution in [3.05, 3.63) is 60.2 Å². The molecule has 6 heteroatoms. The van der Waals surface area contributed by atoms with Crippen LogP contribution in [0.1, 0.15) is 12.0 Å². The molecule has 1 saturated heterocycles. The van der Waals surface area contributed by atoms with Crippen molar-refractivity contribution in [1.82, 2.24) is 4.31 Å². The second-order valence-electron chi connectivity index (χ2n) is 6.49. The number of benzene rings is 2. The maximum atomic E-state index is 12.6. The summed E-state index contributed by atoms with van der Waals surface area (Å²) in [6.45, 7) is 2.46. The van der Waals surface area contributed by atoms with Crippen LogP contribution < -0.4 is 9.64 Å². The van der Waals surface area contributed by atoms with Gasteiger partial charge >= 0.3 is 0 Å². The molecule has 1 aliphatic rings. The van der Waals surface area contributed by atoms with Gasteiger partial charge in [0.1, 0.15) is 5.75 Å². The van der Waals surface area contributed by atoms with Gasteiger partial charge in [0.15, 0.2) is 0 Å². The summed E-state index contributed by atoms with van der Waals surface area (Å²) in [5.74, 6) is 1.03. The van der Waals surface area contributed by atoms with Crippen molar-refractivity contribution in [2.45, 2.75) is 12.8 Å². The van der Waals surface area contributed by atoms with Gasteiger partial charge in [-0.15, -0.1) is 0 Å². The molecule has 0 atom stereocenters. The van der Waals surface area contributed by atoms with Crippen molar-refractivity contribution in [3.63, 3.8) is 0 Å². The molecule has 1 fully saturated rings. The first-order valence-electron chi connectivity index (χ1n) is 8.99. The minimum Gasteiger partial charge on any atom is -0.497 e. The number of piperazine rings is 1. The zero-order valence-electron chi connectivity index (χ0n) is 15.2. The topological polar surface area (TPSA) is 49.9 Å². The van der Waals surface area contributed by atoms with Crippen LogP contribution >= 0.6 is 0 Å². The molecule has 140 valence electrons. The average molecular weight is 375 g/mol. The largest absolute Gasteiger partial charge is 0.497 e. The van der Waals surface area contributed by atoms with E-state index >= 15 is 0 Å². The van der Waals surface area contributed by atoms with Gasteiger partial charge in [-0.3, -0.25) is 0 Å². The smallest absolute Gasteiger partial charge is 0.214 e. The number of rotatable bonds is 7. The maximum absolute atomic E-state index is 12.6. The Morgan fingerprint density at radius 1 is 0.962 bits per heavy atom. The predicted octanol–water partition coefficient (Wildman–Crippen LogP) is 2.78. The fraction of sp³-hybridized carbons (Fsp3) is 0.400. The molecule has 3 rings (SSSR count). The number of aryl methyl sites for hydroxylation is 1. The Hall–Kier alpha value is -2.05. The highest BCUT2D eigenvalue weighted by molar-refractivity contribution is 7.89. The number of anilines is 1. The zero-order chi connectivity index (χ0) is 18.4. The summed E-state index contributed by atoms with van der Waals surface area (Å²) in [7, 11) is -1.54. The fourth-order valence-corrected chi connectivity index (χ4v) is 4.75. The number of hydrogen-bond acceptors (Lipinski definition) is 4. The molecule has 0 bridgehead atoms. The summed E-state index contributed by atoms with van der Waals surface area (Å²) >= 11 is 0. The van der Waals surface area contributed by atoms with Crippen LogP contribution in [0.5, 0.6) is 5.75 Å². The van der Waals surface area contributed by atoms with Gasteiger partial charge in [-0.05, 0) is 30.5 Å². The molecule has 1 heterocycles. The molecule has 1 aliphatic heterocycles. The van der Waals surface area contributed by atoms with Gasteiger partial charge in [0.25, 0.3) is 0 Å². The third-order valence-electron chi connectivity index (χ3n) is 4.76. The van der Waals surface area contributed by atoms with Crippen molar-refractivity contribution in [2.24, 2.45) is 0 Å². The van der Waals surface area contributed by atoms with Crippen LogP contribution in [-0.4, -0.2) is 51.8 Å². The second kappa shape index (κ2) is 8.56. The summed E-state index contributed by atoms with van der Waals surface area (Å²) < 4.78 is 32.1. The summed E-state index contributed by atoms with van der Waals surface area (Å²) in [4.78, 5) is 2.21. The molecule has 0 radical (unpaired) electrons. The van der Waals surface area contributed by atoms with Crippen LogP contribution in [0.3, 0.4) is 0 Å². The van der Waals surface area contributed by atoms with E-state index in [0.29, 0.717) is 32.6 Å². The Balaban J connectivity index is 1.51. The van der Waals surface area contributed by atoms with Crippen LogP contribution in [0.2, 0.25) is 0 Å². The van der Waals surface area contributed by atoms with Crippen LogP contribution in [0.4, 0.5) is 5.69 Å². The molecular weight excluding hydrogens is 348 g/mol. The number of methoxy groups -OCH3 is 1. The highest BCUT2D eigenvalue weighted by Crippen LogP contribution is 2.23. The van der Waals surface area contributed by atoms with Gasteiger partial charge in [-0.2, -0.15) is 4.31 Å².